The van der Waals surface area contributed by atoms with Gasteiger partial charge in [-0.2, -0.15) is 5.10 Å². The fraction of sp³-hybridized carbons (Fsp3) is 0.667. The Bertz CT molecular complexity index is 557. The standard InChI is InChI=1S/C15H24N4O2/c1-6-10-7-11(18(5)17-10)9-19-12(20)8-16-14(21)13(19)15(2,3)4/h7,13H,6,8-9H2,1-5H3,(H,16,21). The van der Waals surface area contributed by atoms with Gasteiger partial charge in [0.1, 0.15) is 6.04 Å². The van der Waals surface area contributed by atoms with Crippen molar-refractivity contribution in [3.05, 3.63) is 17.5 Å². The van der Waals surface area contributed by atoms with E-state index in [2.05, 4.69) is 10.4 Å². The van der Waals surface area contributed by atoms with Crippen molar-refractivity contribution in [3.63, 3.8) is 0 Å². The van der Waals surface area contributed by atoms with E-state index in [9.17, 15) is 9.59 Å². The molecule has 2 heterocycles. The maximum atomic E-state index is 12.3. The number of hydrogen-bond donors (Lipinski definition) is 1. The van der Waals surface area contributed by atoms with E-state index < -0.39 is 6.04 Å². The molecule has 0 spiro atoms. The Kier molecular flexibility index (Phi) is 4.07. The lowest BCUT2D eigenvalue weighted by Gasteiger charge is -2.41. The van der Waals surface area contributed by atoms with E-state index in [-0.39, 0.29) is 23.8 Å². The van der Waals surface area contributed by atoms with E-state index in [1.54, 1.807) is 9.58 Å². The molecule has 1 unspecified atom stereocenters. The van der Waals surface area contributed by atoms with Crippen LogP contribution in [-0.4, -0.2) is 39.1 Å². The zero-order chi connectivity index (χ0) is 15.8. The highest BCUT2D eigenvalue weighted by Gasteiger charge is 2.42. The maximum Gasteiger partial charge on any atom is 0.243 e. The molecule has 1 aromatic heterocycles. The third-order valence-electron chi connectivity index (χ3n) is 3.84. The highest BCUT2D eigenvalue weighted by molar-refractivity contribution is 5.95. The molecular formula is C15H24N4O2. The van der Waals surface area contributed by atoms with Crippen LogP contribution in [0.25, 0.3) is 0 Å². The molecule has 0 bridgehead atoms. The minimum Gasteiger partial charge on any atom is -0.345 e. The first-order valence-corrected chi connectivity index (χ1v) is 7.33. The van der Waals surface area contributed by atoms with Crippen LogP contribution in [0.3, 0.4) is 0 Å². The molecule has 1 fully saturated rings. The van der Waals surface area contributed by atoms with Crippen molar-refractivity contribution < 1.29 is 9.59 Å². The fourth-order valence-corrected chi connectivity index (χ4v) is 2.75. The summed E-state index contributed by atoms with van der Waals surface area (Å²) >= 11 is 0. The van der Waals surface area contributed by atoms with Gasteiger partial charge in [-0.1, -0.05) is 27.7 Å². The number of piperazine rings is 1. The number of rotatable bonds is 3. The first-order valence-electron chi connectivity index (χ1n) is 7.33. The first kappa shape index (κ1) is 15.5. The fourth-order valence-electron chi connectivity index (χ4n) is 2.75. The molecule has 0 radical (unpaired) electrons. The van der Waals surface area contributed by atoms with Crippen molar-refractivity contribution in [1.29, 1.82) is 0 Å². The summed E-state index contributed by atoms with van der Waals surface area (Å²) in [6.45, 7) is 8.46. The number of aromatic nitrogens is 2. The second kappa shape index (κ2) is 5.50. The van der Waals surface area contributed by atoms with Crippen molar-refractivity contribution in [3.8, 4) is 0 Å². The van der Waals surface area contributed by atoms with Crippen LogP contribution >= 0.6 is 0 Å². The maximum absolute atomic E-state index is 12.3. The lowest BCUT2D eigenvalue weighted by molar-refractivity contribution is -0.150. The summed E-state index contributed by atoms with van der Waals surface area (Å²) in [5.41, 5.74) is 1.63. The Morgan fingerprint density at radius 2 is 2.05 bits per heavy atom. The Hall–Kier alpha value is -1.85. The van der Waals surface area contributed by atoms with Gasteiger partial charge in [0.2, 0.25) is 11.8 Å². The average molecular weight is 292 g/mol. The number of nitrogens with zero attached hydrogens (tertiary/aromatic N) is 3. The Morgan fingerprint density at radius 1 is 1.38 bits per heavy atom. The molecule has 116 valence electrons. The molecule has 1 atom stereocenters. The van der Waals surface area contributed by atoms with Crippen molar-refractivity contribution in [2.45, 2.75) is 46.7 Å². The molecule has 21 heavy (non-hydrogen) atoms. The number of aryl methyl sites for hydroxylation is 2. The van der Waals surface area contributed by atoms with E-state index in [4.69, 9.17) is 0 Å². The van der Waals surface area contributed by atoms with Gasteiger partial charge in [0, 0.05) is 7.05 Å². The van der Waals surface area contributed by atoms with Crippen LogP contribution in [-0.2, 0) is 29.6 Å². The summed E-state index contributed by atoms with van der Waals surface area (Å²) in [7, 11) is 1.87. The molecule has 1 aliphatic heterocycles. The van der Waals surface area contributed by atoms with Crippen LogP contribution in [0, 0.1) is 5.41 Å². The van der Waals surface area contributed by atoms with E-state index >= 15 is 0 Å². The van der Waals surface area contributed by atoms with Gasteiger partial charge in [-0.25, -0.2) is 0 Å². The van der Waals surface area contributed by atoms with Crippen LogP contribution in [0.15, 0.2) is 6.07 Å². The molecule has 6 nitrogen and oxygen atoms in total. The number of amides is 2. The third kappa shape index (κ3) is 3.09. The van der Waals surface area contributed by atoms with Gasteiger partial charge in [0.05, 0.1) is 24.5 Å². The van der Waals surface area contributed by atoms with Crippen molar-refractivity contribution in [2.75, 3.05) is 6.54 Å². The lowest BCUT2D eigenvalue weighted by Crippen LogP contribution is -2.62. The number of nitrogens with one attached hydrogen (secondary N) is 1. The highest BCUT2D eigenvalue weighted by Crippen LogP contribution is 2.28. The molecule has 2 amide bonds. The Labute approximate surface area is 125 Å². The smallest absolute Gasteiger partial charge is 0.243 e. The largest absolute Gasteiger partial charge is 0.345 e. The quantitative estimate of drug-likeness (QED) is 0.898. The predicted molar refractivity (Wildman–Crippen MR) is 79.4 cm³/mol. The number of carbonyl (C=O) groups is 2. The van der Waals surface area contributed by atoms with Crippen LogP contribution < -0.4 is 5.32 Å². The van der Waals surface area contributed by atoms with E-state index in [1.807, 2.05) is 40.8 Å². The van der Waals surface area contributed by atoms with Gasteiger partial charge in [0.15, 0.2) is 0 Å². The lowest BCUT2D eigenvalue weighted by atomic mass is 9.84. The van der Waals surface area contributed by atoms with E-state index in [0.717, 1.165) is 17.8 Å². The monoisotopic (exact) mass is 292 g/mol. The SMILES string of the molecule is CCc1cc(CN2C(=O)CNC(=O)C2C(C)(C)C)n(C)n1. The summed E-state index contributed by atoms with van der Waals surface area (Å²) in [5.74, 6) is -0.131. The van der Waals surface area contributed by atoms with Crippen LogP contribution in [0.2, 0.25) is 0 Å². The average Bonchev–Trinajstić information content (AvgIpc) is 2.73. The van der Waals surface area contributed by atoms with Gasteiger partial charge in [-0.15, -0.1) is 0 Å². The second-order valence-corrected chi connectivity index (χ2v) is 6.61. The van der Waals surface area contributed by atoms with Gasteiger partial charge >= 0.3 is 0 Å². The molecular weight excluding hydrogens is 268 g/mol. The van der Waals surface area contributed by atoms with Crippen LogP contribution in [0.1, 0.15) is 39.1 Å². The second-order valence-electron chi connectivity index (χ2n) is 6.61. The molecule has 2 rings (SSSR count). The Balaban J connectivity index is 2.31. The minimum absolute atomic E-state index is 0.0474. The summed E-state index contributed by atoms with van der Waals surface area (Å²) < 4.78 is 1.79. The normalized spacial score (nSPS) is 19.9. The number of carbonyl (C=O) groups excluding carboxylic acids is 2. The Morgan fingerprint density at radius 3 is 2.57 bits per heavy atom. The molecule has 1 saturated heterocycles. The van der Waals surface area contributed by atoms with Gasteiger partial charge in [0.25, 0.3) is 0 Å². The van der Waals surface area contributed by atoms with Crippen molar-refractivity contribution in [1.82, 2.24) is 20.0 Å². The zero-order valence-corrected chi connectivity index (χ0v) is 13.4. The summed E-state index contributed by atoms with van der Waals surface area (Å²) in [6.07, 6.45) is 0.852. The highest BCUT2D eigenvalue weighted by atomic mass is 16.2. The molecule has 1 aromatic rings. The van der Waals surface area contributed by atoms with Crippen LogP contribution in [0.5, 0.6) is 0 Å². The van der Waals surface area contributed by atoms with E-state index in [1.165, 1.54) is 0 Å². The van der Waals surface area contributed by atoms with Crippen molar-refractivity contribution in [2.24, 2.45) is 12.5 Å². The first-order chi connectivity index (χ1) is 9.74. The summed E-state index contributed by atoms with van der Waals surface area (Å²) in [4.78, 5) is 26.2. The van der Waals surface area contributed by atoms with Crippen molar-refractivity contribution >= 4 is 11.8 Å². The summed E-state index contributed by atoms with van der Waals surface area (Å²) in [5, 5.41) is 7.09. The van der Waals surface area contributed by atoms with Crippen LogP contribution in [0.4, 0.5) is 0 Å². The van der Waals surface area contributed by atoms with E-state index in [0.29, 0.717) is 6.54 Å². The molecule has 0 aliphatic carbocycles. The zero-order valence-electron chi connectivity index (χ0n) is 13.4. The third-order valence-corrected chi connectivity index (χ3v) is 3.84. The molecule has 6 heteroatoms. The number of hydrogen-bond acceptors (Lipinski definition) is 3. The molecule has 1 N–H and O–H groups in total. The topological polar surface area (TPSA) is 67.2 Å². The summed E-state index contributed by atoms with van der Waals surface area (Å²) in [6, 6.07) is 1.54. The molecule has 0 saturated carbocycles. The van der Waals surface area contributed by atoms with Gasteiger partial charge < -0.3 is 10.2 Å². The molecule has 1 aliphatic rings. The predicted octanol–water partition coefficient (Wildman–Crippen LogP) is 0.856. The van der Waals surface area contributed by atoms with Gasteiger partial charge in [-0.05, 0) is 17.9 Å². The minimum atomic E-state index is -0.460. The molecule has 0 aromatic carbocycles. The van der Waals surface area contributed by atoms with Gasteiger partial charge in [-0.3, -0.25) is 14.3 Å².